The molecule has 0 spiro atoms. The van der Waals surface area contributed by atoms with Crippen LogP contribution in [0.3, 0.4) is 0 Å². The molecule has 83 heavy (non-hydrogen) atoms. The van der Waals surface area contributed by atoms with Crippen LogP contribution in [0.4, 0.5) is 34.1 Å². The highest BCUT2D eigenvalue weighted by Gasteiger charge is 2.45. The van der Waals surface area contributed by atoms with Crippen LogP contribution in [0, 0.1) is 0 Å². The molecule has 0 aliphatic carbocycles. The highest BCUT2D eigenvalue weighted by molar-refractivity contribution is 7.00. The number of anilines is 6. The van der Waals surface area contributed by atoms with Crippen molar-refractivity contribution in [2.75, 3.05) is 9.80 Å². The molecule has 15 rings (SSSR count). The average Bonchev–Trinajstić information content (AvgIpc) is 1.23. The summed E-state index contributed by atoms with van der Waals surface area (Å²) >= 11 is 0. The van der Waals surface area contributed by atoms with Crippen LogP contribution in [0.2, 0.25) is 0 Å². The lowest BCUT2D eigenvalue weighted by molar-refractivity contribution is 0.568. The van der Waals surface area contributed by atoms with Crippen LogP contribution in [0.1, 0.15) is 105 Å². The van der Waals surface area contributed by atoms with Crippen molar-refractivity contribution in [1.82, 2.24) is 4.57 Å². The van der Waals surface area contributed by atoms with Gasteiger partial charge in [-0.1, -0.05) is 198 Å². The van der Waals surface area contributed by atoms with Crippen molar-refractivity contribution in [1.29, 1.82) is 0 Å². The molecule has 2 aromatic heterocycles. The second-order valence-electron chi connectivity index (χ2n) is 27.9. The highest BCUT2D eigenvalue weighted by atomic mass is 16.3. The normalized spacial score (nSPS) is 13.7. The smallest absolute Gasteiger partial charge is 0.252 e. The van der Waals surface area contributed by atoms with Gasteiger partial charge in [0.15, 0.2) is 0 Å². The Morgan fingerprint density at radius 2 is 0.807 bits per heavy atom. The van der Waals surface area contributed by atoms with Crippen molar-refractivity contribution in [2.45, 2.75) is 105 Å². The number of nitrogens with zero attached hydrogens (tertiary/aromatic N) is 3. The third-order valence-electron chi connectivity index (χ3n) is 18.2. The molecule has 4 heterocycles. The summed E-state index contributed by atoms with van der Waals surface area (Å²) in [6.07, 6.45) is 0. The molecule has 4 nitrogen and oxygen atoms in total. The van der Waals surface area contributed by atoms with E-state index >= 15 is 0 Å². The van der Waals surface area contributed by atoms with E-state index in [0.29, 0.717) is 0 Å². The van der Waals surface area contributed by atoms with Crippen LogP contribution < -0.4 is 26.2 Å². The van der Waals surface area contributed by atoms with E-state index in [1.165, 1.54) is 105 Å². The zero-order chi connectivity index (χ0) is 57.2. The molecule has 0 N–H and O–H groups in total. The molecule has 0 bridgehead atoms. The molecule has 0 unspecified atom stereocenters. The lowest BCUT2D eigenvalue weighted by Crippen LogP contribution is -2.61. The fourth-order valence-corrected chi connectivity index (χ4v) is 13.6. The highest BCUT2D eigenvalue weighted by Crippen LogP contribution is 2.51. The Balaban J connectivity index is 1.10. The minimum atomic E-state index is -0.107. The van der Waals surface area contributed by atoms with Gasteiger partial charge >= 0.3 is 0 Å². The third kappa shape index (κ3) is 8.09. The quantitative estimate of drug-likeness (QED) is 0.164. The summed E-state index contributed by atoms with van der Waals surface area (Å²) in [5, 5.41) is 9.57. The molecule has 13 aromatic rings. The summed E-state index contributed by atoms with van der Waals surface area (Å²) in [5.74, 6) is 0. The van der Waals surface area contributed by atoms with Gasteiger partial charge in [0.25, 0.3) is 6.71 Å². The van der Waals surface area contributed by atoms with E-state index in [-0.39, 0.29) is 28.4 Å². The largest absolute Gasteiger partial charge is 0.456 e. The summed E-state index contributed by atoms with van der Waals surface area (Å²) in [5.41, 5.74) is 23.5. The van der Waals surface area contributed by atoms with Crippen molar-refractivity contribution in [3.05, 3.63) is 229 Å². The first-order valence-corrected chi connectivity index (χ1v) is 29.8. The first-order chi connectivity index (χ1) is 39.7. The van der Waals surface area contributed by atoms with Crippen LogP contribution in [-0.2, 0) is 21.7 Å². The maximum Gasteiger partial charge on any atom is 0.252 e. The predicted octanol–water partition coefficient (Wildman–Crippen LogP) is 19.9. The van der Waals surface area contributed by atoms with Gasteiger partial charge < -0.3 is 18.8 Å². The summed E-state index contributed by atoms with van der Waals surface area (Å²) < 4.78 is 9.06. The summed E-state index contributed by atoms with van der Waals surface area (Å²) in [6.45, 7) is 28.2. The molecule has 0 fully saturated rings. The van der Waals surface area contributed by atoms with Crippen LogP contribution in [0.25, 0.3) is 82.1 Å². The zero-order valence-electron chi connectivity index (χ0n) is 50.0. The Kier molecular flexibility index (Phi) is 11.0. The van der Waals surface area contributed by atoms with Crippen LogP contribution in [0.5, 0.6) is 0 Å². The monoisotopic (exact) mass is 1080 g/mol. The van der Waals surface area contributed by atoms with Gasteiger partial charge in [-0.25, -0.2) is 0 Å². The number of rotatable bonds is 4. The first-order valence-electron chi connectivity index (χ1n) is 29.8. The molecule has 2 aliphatic heterocycles. The van der Waals surface area contributed by atoms with Crippen LogP contribution in [0.15, 0.2) is 211 Å². The minimum Gasteiger partial charge on any atom is -0.456 e. The average molecular weight is 1080 g/mol. The zero-order valence-corrected chi connectivity index (χ0v) is 50.0. The lowest BCUT2D eigenvalue weighted by atomic mass is 9.33. The maximum absolute atomic E-state index is 6.60. The van der Waals surface area contributed by atoms with Crippen molar-refractivity contribution in [3.8, 4) is 16.8 Å². The van der Waals surface area contributed by atoms with E-state index in [9.17, 15) is 0 Å². The Labute approximate surface area is 488 Å². The van der Waals surface area contributed by atoms with Gasteiger partial charge in [0.1, 0.15) is 11.2 Å². The van der Waals surface area contributed by atoms with Gasteiger partial charge in [-0.05, 0) is 184 Å². The fourth-order valence-electron chi connectivity index (χ4n) is 13.6. The number of hydrogen-bond acceptors (Lipinski definition) is 3. The number of fused-ring (bicyclic) bond motifs is 13. The number of hydrogen-bond donors (Lipinski definition) is 0. The molecular formula is C78H70BN3O. The van der Waals surface area contributed by atoms with E-state index in [0.717, 1.165) is 49.8 Å². The summed E-state index contributed by atoms with van der Waals surface area (Å²) in [7, 11) is 0. The van der Waals surface area contributed by atoms with Crippen molar-refractivity contribution in [3.63, 3.8) is 0 Å². The lowest BCUT2D eigenvalue weighted by Gasteiger charge is -2.45. The van der Waals surface area contributed by atoms with Crippen molar-refractivity contribution in [2.24, 2.45) is 0 Å². The van der Waals surface area contributed by atoms with Gasteiger partial charge in [-0.15, -0.1) is 0 Å². The van der Waals surface area contributed by atoms with E-state index in [1.54, 1.807) is 0 Å². The predicted molar refractivity (Wildman–Crippen MR) is 357 cm³/mol. The molecule has 406 valence electrons. The molecule has 0 saturated heterocycles. The maximum atomic E-state index is 6.60. The topological polar surface area (TPSA) is 24.6 Å². The van der Waals surface area contributed by atoms with Crippen molar-refractivity contribution >= 4 is 123 Å². The minimum absolute atomic E-state index is 0.0833. The van der Waals surface area contributed by atoms with Gasteiger partial charge in [0, 0.05) is 56.0 Å². The number of para-hydroxylation sites is 2. The molecule has 0 amide bonds. The molecule has 11 aromatic carbocycles. The first kappa shape index (κ1) is 51.1. The Bertz CT molecular complexity index is 4600. The van der Waals surface area contributed by atoms with Gasteiger partial charge in [0.05, 0.1) is 16.4 Å². The van der Waals surface area contributed by atoms with Crippen LogP contribution in [-0.4, -0.2) is 11.3 Å². The second-order valence-corrected chi connectivity index (χ2v) is 27.9. The molecule has 0 atom stereocenters. The summed E-state index contributed by atoms with van der Waals surface area (Å²) in [4.78, 5) is 5.31. The van der Waals surface area contributed by atoms with E-state index in [1.807, 2.05) is 0 Å². The number of benzene rings is 11. The molecular weight excluding hydrogens is 1010 g/mol. The molecule has 2 aliphatic rings. The Morgan fingerprint density at radius 1 is 0.337 bits per heavy atom. The molecule has 0 radical (unpaired) electrons. The number of furan rings is 1. The van der Waals surface area contributed by atoms with E-state index < -0.39 is 0 Å². The fraction of sp³-hybridized carbons (Fsp3) is 0.205. The molecule has 0 saturated carbocycles. The summed E-state index contributed by atoms with van der Waals surface area (Å²) in [6, 6.07) is 78.9. The third-order valence-corrected chi connectivity index (χ3v) is 18.2. The van der Waals surface area contributed by atoms with Crippen molar-refractivity contribution < 1.29 is 4.42 Å². The van der Waals surface area contributed by atoms with Crippen LogP contribution >= 0.6 is 0 Å². The van der Waals surface area contributed by atoms with E-state index in [2.05, 4.69) is 304 Å². The second kappa shape index (κ2) is 17.9. The standard InChI is InChI=1S/C78H70BN3O/c1-75(2,3)53-41-54(76(4,5)6)44-58(43-53)80-66-37-49-24-18-16-22-47(49)35-63(66)79-64-36-48-23-17-19-25-50(48)38-67(64)81(59-45-55(77(7,8)9)42-56(46-59)78(10,11)12)69-40-52(39-68(80)73(69)79)51-30-32-65-62(34-51)60-31-33-71-72(61-28-20-21-29-70(61)83-71)74(60)82(65)57-26-14-13-15-27-57/h13-46H,1-12H3. The Hall–Kier alpha value is -8.80. The van der Waals surface area contributed by atoms with Gasteiger partial charge in [-0.3, -0.25) is 0 Å². The Morgan fingerprint density at radius 3 is 1.31 bits per heavy atom. The SMILES string of the molecule is CC(C)(C)c1cc(N2c3cc4ccccc4cc3B3c4cc5ccccc5cc4N(c4cc(C(C)(C)C)cc(C(C)(C)C)c4)c4cc(-c5ccc6c(c5)c5ccc7oc8ccccc8c7c5n6-c5ccccc5)cc2c43)cc(C(C)(C)C)c1. The number of aromatic nitrogens is 1. The van der Waals surface area contributed by atoms with E-state index in [4.69, 9.17) is 4.42 Å². The van der Waals surface area contributed by atoms with Gasteiger partial charge in [0.2, 0.25) is 0 Å². The molecule has 5 heteroatoms. The van der Waals surface area contributed by atoms with Gasteiger partial charge in [-0.2, -0.15) is 0 Å².